The number of amides is 2. The summed E-state index contributed by atoms with van der Waals surface area (Å²) in [6, 6.07) is 11.9. The Balaban J connectivity index is 1.78. The van der Waals surface area contributed by atoms with Crippen molar-refractivity contribution < 1.29 is 19.1 Å². The van der Waals surface area contributed by atoms with Gasteiger partial charge in [0.2, 0.25) is 11.8 Å². The van der Waals surface area contributed by atoms with Gasteiger partial charge in [0, 0.05) is 35.9 Å². The largest absolute Gasteiger partial charge is 0.497 e. The van der Waals surface area contributed by atoms with Crippen LogP contribution in [-0.4, -0.2) is 46.5 Å². The van der Waals surface area contributed by atoms with Crippen molar-refractivity contribution in [1.82, 2.24) is 15.2 Å². The SMILES string of the molecule is CCC(=O)Nc1ccccc1-c1nnc(SC(CC)C(=O)Nc2cc(OC)cc(OC)c2)[nH]c1=O. The number of carbonyl (C=O) groups is 2. The van der Waals surface area contributed by atoms with Crippen LogP contribution >= 0.6 is 11.8 Å². The highest BCUT2D eigenvalue weighted by Gasteiger charge is 2.21. The molecule has 3 aromatic rings. The predicted molar refractivity (Wildman–Crippen MR) is 135 cm³/mol. The standard InChI is InChI=1S/C24H27N5O5S/c1-5-19(22(31)25-14-11-15(33-3)13-16(12-14)34-4)35-24-27-23(32)21(28-29-24)17-9-7-8-10-18(17)26-20(30)6-2/h7-13,19H,5-6H2,1-4H3,(H,25,31)(H,26,30)(H,27,29,32). The maximum absolute atomic E-state index is 12.9. The van der Waals surface area contributed by atoms with Gasteiger partial charge in [-0.3, -0.25) is 19.4 Å². The first kappa shape index (κ1) is 25.8. The number of ether oxygens (including phenoxy) is 2. The van der Waals surface area contributed by atoms with Crippen LogP contribution in [0.2, 0.25) is 0 Å². The van der Waals surface area contributed by atoms with Crippen LogP contribution in [0.4, 0.5) is 11.4 Å². The van der Waals surface area contributed by atoms with Gasteiger partial charge in [-0.2, -0.15) is 0 Å². The van der Waals surface area contributed by atoms with Crippen molar-refractivity contribution in [3.63, 3.8) is 0 Å². The van der Waals surface area contributed by atoms with Crippen molar-refractivity contribution in [2.75, 3.05) is 24.9 Å². The van der Waals surface area contributed by atoms with Gasteiger partial charge in [0.05, 0.1) is 25.2 Å². The molecule has 1 unspecified atom stereocenters. The Bertz CT molecular complexity index is 1240. The van der Waals surface area contributed by atoms with Crippen molar-refractivity contribution in [2.24, 2.45) is 0 Å². The maximum Gasteiger partial charge on any atom is 0.278 e. The first-order valence-electron chi connectivity index (χ1n) is 10.9. The molecule has 11 heteroatoms. The Hall–Kier alpha value is -3.86. The minimum absolute atomic E-state index is 0.0716. The van der Waals surface area contributed by atoms with E-state index in [1.807, 2.05) is 6.92 Å². The molecule has 2 amide bonds. The zero-order chi connectivity index (χ0) is 25.4. The summed E-state index contributed by atoms with van der Waals surface area (Å²) < 4.78 is 10.5. The van der Waals surface area contributed by atoms with Crippen LogP contribution < -0.4 is 25.7 Å². The third kappa shape index (κ3) is 6.60. The van der Waals surface area contributed by atoms with Gasteiger partial charge in [-0.05, 0) is 12.5 Å². The normalized spacial score (nSPS) is 11.4. The van der Waals surface area contributed by atoms with Gasteiger partial charge >= 0.3 is 0 Å². The monoisotopic (exact) mass is 497 g/mol. The van der Waals surface area contributed by atoms with Gasteiger partial charge < -0.3 is 20.1 Å². The highest BCUT2D eigenvalue weighted by Crippen LogP contribution is 2.28. The average Bonchev–Trinajstić information content (AvgIpc) is 2.87. The number of thioether (sulfide) groups is 1. The van der Waals surface area contributed by atoms with E-state index >= 15 is 0 Å². The van der Waals surface area contributed by atoms with Gasteiger partial charge in [0.1, 0.15) is 11.5 Å². The van der Waals surface area contributed by atoms with E-state index in [4.69, 9.17) is 9.47 Å². The molecule has 0 radical (unpaired) electrons. The second kappa shape index (κ2) is 12.0. The maximum atomic E-state index is 12.9. The fraction of sp³-hybridized carbons (Fsp3) is 0.292. The summed E-state index contributed by atoms with van der Waals surface area (Å²) in [5.41, 5.74) is 1.04. The number of nitrogens with zero attached hydrogens (tertiary/aromatic N) is 2. The van der Waals surface area contributed by atoms with Crippen molar-refractivity contribution in [2.45, 2.75) is 37.1 Å². The molecule has 10 nitrogen and oxygen atoms in total. The number of benzene rings is 2. The van der Waals surface area contributed by atoms with E-state index in [0.29, 0.717) is 41.3 Å². The Labute approximate surface area is 206 Å². The zero-order valence-electron chi connectivity index (χ0n) is 19.9. The Morgan fingerprint density at radius 2 is 1.71 bits per heavy atom. The molecule has 0 spiro atoms. The summed E-state index contributed by atoms with van der Waals surface area (Å²) in [5.74, 6) is 0.634. The summed E-state index contributed by atoms with van der Waals surface area (Å²) in [4.78, 5) is 40.2. The number of H-pyrrole nitrogens is 1. The van der Waals surface area contributed by atoms with E-state index in [9.17, 15) is 14.4 Å². The third-order valence-electron chi connectivity index (χ3n) is 4.99. The summed E-state index contributed by atoms with van der Waals surface area (Å²) in [7, 11) is 3.06. The van der Waals surface area contributed by atoms with Crippen molar-refractivity contribution in [3.8, 4) is 22.8 Å². The molecule has 2 aromatic carbocycles. The van der Waals surface area contributed by atoms with Crippen LogP contribution in [0.5, 0.6) is 11.5 Å². The molecule has 0 fully saturated rings. The third-order valence-corrected chi connectivity index (χ3v) is 6.23. The molecule has 0 saturated carbocycles. The average molecular weight is 498 g/mol. The smallest absolute Gasteiger partial charge is 0.278 e. The number of hydrogen-bond donors (Lipinski definition) is 3. The van der Waals surface area contributed by atoms with E-state index in [1.165, 1.54) is 14.2 Å². The number of nitrogens with one attached hydrogen (secondary N) is 3. The number of hydrogen-bond acceptors (Lipinski definition) is 8. The molecule has 1 heterocycles. The zero-order valence-corrected chi connectivity index (χ0v) is 20.7. The summed E-state index contributed by atoms with van der Waals surface area (Å²) in [5, 5.41) is 13.5. The molecular weight excluding hydrogens is 470 g/mol. The number of methoxy groups -OCH3 is 2. The lowest BCUT2D eigenvalue weighted by Gasteiger charge is -2.15. The van der Waals surface area contributed by atoms with Crippen LogP contribution in [0.25, 0.3) is 11.3 Å². The van der Waals surface area contributed by atoms with E-state index in [1.54, 1.807) is 49.4 Å². The summed E-state index contributed by atoms with van der Waals surface area (Å²) in [6.45, 7) is 3.59. The van der Waals surface area contributed by atoms with Crippen LogP contribution in [0.1, 0.15) is 26.7 Å². The first-order valence-corrected chi connectivity index (χ1v) is 11.8. The molecule has 1 atom stereocenters. The second-order valence-electron chi connectivity index (χ2n) is 7.36. The molecule has 35 heavy (non-hydrogen) atoms. The predicted octanol–water partition coefficient (Wildman–Crippen LogP) is 3.71. The Morgan fingerprint density at radius 3 is 2.31 bits per heavy atom. The highest BCUT2D eigenvalue weighted by atomic mass is 32.2. The van der Waals surface area contributed by atoms with Gasteiger partial charge in [0.15, 0.2) is 10.9 Å². The van der Waals surface area contributed by atoms with E-state index in [-0.39, 0.29) is 22.7 Å². The lowest BCUT2D eigenvalue weighted by Crippen LogP contribution is -2.25. The van der Waals surface area contributed by atoms with E-state index < -0.39 is 10.8 Å². The molecule has 0 saturated heterocycles. The lowest BCUT2D eigenvalue weighted by atomic mass is 10.1. The lowest BCUT2D eigenvalue weighted by molar-refractivity contribution is -0.116. The molecule has 0 aliphatic rings. The number of carbonyl (C=O) groups excluding carboxylic acids is 2. The minimum Gasteiger partial charge on any atom is -0.497 e. The fourth-order valence-electron chi connectivity index (χ4n) is 3.15. The Kier molecular flexibility index (Phi) is 8.85. The fourth-order valence-corrected chi connectivity index (χ4v) is 3.99. The van der Waals surface area contributed by atoms with Crippen LogP contribution in [0.15, 0.2) is 52.4 Å². The molecular formula is C24H27N5O5S. The van der Waals surface area contributed by atoms with Gasteiger partial charge in [-0.25, -0.2) is 0 Å². The first-order chi connectivity index (χ1) is 16.9. The van der Waals surface area contributed by atoms with E-state index in [2.05, 4.69) is 25.8 Å². The van der Waals surface area contributed by atoms with Gasteiger partial charge in [-0.15, -0.1) is 10.2 Å². The minimum atomic E-state index is -0.542. The number of aromatic nitrogens is 3. The summed E-state index contributed by atoms with van der Waals surface area (Å²) in [6.07, 6.45) is 0.782. The highest BCUT2D eigenvalue weighted by molar-refractivity contribution is 8.00. The molecule has 3 rings (SSSR count). The molecule has 0 bridgehead atoms. The quantitative estimate of drug-likeness (QED) is 0.361. The number of aromatic amines is 1. The number of rotatable bonds is 10. The van der Waals surface area contributed by atoms with Gasteiger partial charge in [0.25, 0.3) is 5.56 Å². The topological polar surface area (TPSA) is 135 Å². The van der Waals surface area contributed by atoms with E-state index in [0.717, 1.165) is 11.8 Å². The van der Waals surface area contributed by atoms with Crippen LogP contribution in [-0.2, 0) is 9.59 Å². The number of anilines is 2. The van der Waals surface area contributed by atoms with Crippen molar-refractivity contribution in [1.29, 1.82) is 0 Å². The van der Waals surface area contributed by atoms with Crippen molar-refractivity contribution >= 4 is 35.0 Å². The molecule has 184 valence electrons. The van der Waals surface area contributed by atoms with Gasteiger partial charge in [-0.1, -0.05) is 43.8 Å². The molecule has 0 aliphatic heterocycles. The second-order valence-corrected chi connectivity index (χ2v) is 8.55. The van der Waals surface area contributed by atoms with Crippen LogP contribution in [0.3, 0.4) is 0 Å². The summed E-state index contributed by atoms with van der Waals surface area (Å²) >= 11 is 1.10. The van der Waals surface area contributed by atoms with Crippen molar-refractivity contribution in [3.05, 3.63) is 52.8 Å². The molecule has 3 N–H and O–H groups in total. The Morgan fingerprint density at radius 1 is 1.03 bits per heavy atom. The van der Waals surface area contributed by atoms with Crippen LogP contribution in [0, 0.1) is 0 Å². The molecule has 1 aromatic heterocycles. The number of para-hydroxylation sites is 1. The molecule has 0 aliphatic carbocycles.